The minimum absolute atomic E-state index is 0.373. The molecule has 2 N–H and O–H groups in total. The summed E-state index contributed by atoms with van der Waals surface area (Å²) in [5, 5.41) is 3.96. The van der Waals surface area contributed by atoms with Gasteiger partial charge in [-0.3, -0.25) is 0 Å². The summed E-state index contributed by atoms with van der Waals surface area (Å²) in [4.78, 5) is 23.8. The molecule has 6 nitrogen and oxygen atoms in total. The van der Waals surface area contributed by atoms with Crippen LogP contribution in [0.1, 0.15) is 15.9 Å². The first-order valence-electron chi connectivity index (χ1n) is 7.35. The van der Waals surface area contributed by atoms with Gasteiger partial charge in [0, 0.05) is 0 Å². The molecule has 0 radical (unpaired) electrons. The Morgan fingerprint density at radius 2 is 2.00 bits per heavy atom. The average molecular weight is 338 g/mol. The first kappa shape index (κ1) is 14.6. The quantitative estimate of drug-likeness (QED) is 0.552. The number of hydrogen-bond acceptors (Lipinski definition) is 6. The van der Waals surface area contributed by atoms with Crippen LogP contribution in [0.3, 0.4) is 0 Å². The molecule has 4 rings (SSSR count). The molecule has 7 heteroatoms. The number of ether oxygens (including phenoxy) is 1. The van der Waals surface area contributed by atoms with Crippen molar-refractivity contribution >= 4 is 49.6 Å². The molecule has 2 aromatic carbocycles. The molecule has 0 saturated carbocycles. The van der Waals surface area contributed by atoms with Crippen molar-refractivity contribution in [2.75, 3.05) is 12.4 Å². The Morgan fingerprint density at radius 1 is 1.17 bits per heavy atom. The number of methoxy groups -OCH3 is 1. The number of thiazole rings is 1. The third kappa shape index (κ3) is 2.59. The summed E-state index contributed by atoms with van der Waals surface area (Å²) in [5.74, 6) is 0.213. The number of anilines is 2. The minimum atomic E-state index is -0.373. The molecule has 0 bridgehead atoms. The largest absolute Gasteiger partial charge is 0.465 e. The number of hydrogen-bond donors (Lipinski definition) is 2. The van der Waals surface area contributed by atoms with Crippen LogP contribution >= 0.6 is 11.3 Å². The van der Waals surface area contributed by atoms with Gasteiger partial charge in [0.05, 0.1) is 33.9 Å². The van der Waals surface area contributed by atoms with Gasteiger partial charge in [-0.05, 0) is 42.8 Å². The number of nitrogens with one attached hydrogen (secondary N) is 2. The van der Waals surface area contributed by atoms with Gasteiger partial charge in [-0.15, -0.1) is 0 Å². The van der Waals surface area contributed by atoms with E-state index in [1.807, 2.05) is 12.1 Å². The molecule has 0 aliphatic rings. The lowest BCUT2D eigenvalue weighted by atomic mass is 10.2. The predicted octanol–water partition coefficient (Wildman–Crippen LogP) is 4.01. The second-order valence-electron chi connectivity index (χ2n) is 5.42. The molecule has 0 aliphatic heterocycles. The number of nitrogens with zero attached hydrogens (tertiary/aromatic N) is 2. The monoisotopic (exact) mass is 338 g/mol. The summed E-state index contributed by atoms with van der Waals surface area (Å²) in [7, 11) is 1.36. The summed E-state index contributed by atoms with van der Waals surface area (Å²) in [6.07, 6.45) is 0. The van der Waals surface area contributed by atoms with Crippen molar-refractivity contribution < 1.29 is 9.53 Å². The van der Waals surface area contributed by atoms with E-state index < -0.39 is 0 Å². The Kier molecular flexibility index (Phi) is 3.42. The third-order valence-corrected chi connectivity index (χ3v) is 4.61. The first-order chi connectivity index (χ1) is 11.6. The molecule has 24 heavy (non-hydrogen) atoms. The topological polar surface area (TPSA) is 79.9 Å². The van der Waals surface area contributed by atoms with Gasteiger partial charge in [-0.25, -0.2) is 14.8 Å². The van der Waals surface area contributed by atoms with E-state index in [0.717, 1.165) is 26.4 Å². The fraction of sp³-hybridized carbons (Fsp3) is 0.118. The number of carbonyl (C=O) groups is 1. The van der Waals surface area contributed by atoms with Crippen molar-refractivity contribution in [2.24, 2.45) is 0 Å². The van der Waals surface area contributed by atoms with Gasteiger partial charge >= 0.3 is 5.97 Å². The molecule has 4 aromatic rings. The van der Waals surface area contributed by atoms with E-state index in [1.165, 1.54) is 12.7 Å². The van der Waals surface area contributed by atoms with Gasteiger partial charge in [0.25, 0.3) is 0 Å². The molecule has 2 aromatic heterocycles. The van der Waals surface area contributed by atoms with Gasteiger partial charge in [0.1, 0.15) is 0 Å². The molecule has 2 heterocycles. The van der Waals surface area contributed by atoms with Crippen molar-refractivity contribution in [3.8, 4) is 0 Å². The highest BCUT2D eigenvalue weighted by molar-refractivity contribution is 7.22. The lowest BCUT2D eigenvalue weighted by molar-refractivity contribution is 0.0601. The standard InChI is InChI=1S/C17H14N4O2S/c1-9-3-5-12-14(7-9)24-17(20-12)21-16-18-11-6-4-10(15(22)23-2)8-13(11)19-16/h3-8H,1-2H3,(H2,18,19,20,21). The average Bonchev–Trinajstić information content (AvgIpc) is 3.15. The SMILES string of the molecule is COC(=O)c1ccc2nc(Nc3nc4ccc(C)cc4s3)[nH]c2c1. The Balaban J connectivity index is 1.66. The van der Waals surface area contributed by atoms with Crippen LogP contribution in [0.15, 0.2) is 36.4 Å². The Morgan fingerprint density at radius 3 is 2.83 bits per heavy atom. The number of aromatic nitrogens is 3. The van der Waals surface area contributed by atoms with Crippen LogP contribution in [-0.4, -0.2) is 28.0 Å². The van der Waals surface area contributed by atoms with Crippen molar-refractivity contribution in [2.45, 2.75) is 6.92 Å². The van der Waals surface area contributed by atoms with Gasteiger partial charge in [-0.1, -0.05) is 17.4 Å². The van der Waals surface area contributed by atoms with Crippen LogP contribution < -0.4 is 5.32 Å². The molecular formula is C17H14N4O2S. The van der Waals surface area contributed by atoms with Crippen LogP contribution in [0.2, 0.25) is 0 Å². The van der Waals surface area contributed by atoms with Crippen molar-refractivity contribution in [3.63, 3.8) is 0 Å². The Bertz CT molecular complexity index is 1070. The number of imidazole rings is 1. The minimum Gasteiger partial charge on any atom is -0.465 e. The lowest BCUT2D eigenvalue weighted by Crippen LogP contribution is -2.00. The number of benzene rings is 2. The Labute approximate surface area is 141 Å². The van der Waals surface area contributed by atoms with E-state index >= 15 is 0 Å². The molecule has 0 amide bonds. The zero-order valence-corrected chi connectivity index (χ0v) is 13.9. The zero-order chi connectivity index (χ0) is 16.7. The number of carbonyl (C=O) groups excluding carboxylic acids is 1. The highest BCUT2D eigenvalue weighted by Crippen LogP contribution is 2.29. The van der Waals surface area contributed by atoms with Crippen LogP contribution in [0.5, 0.6) is 0 Å². The molecule has 0 saturated heterocycles. The number of aromatic amines is 1. The summed E-state index contributed by atoms with van der Waals surface area (Å²) < 4.78 is 5.86. The van der Waals surface area contributed by atoms with Gasteiger partial charge in [0.2, 0.25) is 5.95 Å². The third-order valence-electron chi connectivity index (χ3n) is 3.67. The van der Waals surface area contributed by atoms with Crippen LogP contribution in [-0.2, 0) is 4.74 Å². The lowest BCUT2D eigenvalue weighted by Gasteiger charge is -1.97. The van der Waals surface area contributed by atoms with E-state index in [1.54, 1.807) is 29.5 Å². The summed E-state index contributed by atoms with van der Waals surface area (Å²) in [5.41, 5.74) is 4.17. The molecule has 0 atom stereocenters. The second kappa shape index (κ2) is 5.61. The van der Waals surface area contributed by atoms with Crippen LogP contribution in [0.4, 0.5) is 11.1 Å². The maximum Gasteiger partial charge on any atom is 0.337 e. The van der Waals surface area contributed by atoms with E-state index in [9.17, 15) is 4.79 Å². The predicted molar refractivity (Wildman–Crippen MR) is 95.1 cm³/mol. The normalized spacial score (nSPS) is 11.1. The fourth-order valence-corrected chi connectivity index (χ4v) is 3.46. The second-order valence-corrected chi connectivity index (χ2v) is 6.45. The van der Waals surface area contributed by atoms with Crippen LogP contribution in [0.25, 0.3) is 21.3 Å². The molecule has 0 unspecified atom stereocenters. The molecule has 0 spiro atoms. The van der Waals surface area contributed by atoms with E-state index in [4.69, 9.17) is 4.74 Å². The van der Waals surface area contributed by atoms with Crippen molar-refractivity contribution in [1.29, 1.82) is 0 Å². The number of rotatable bonds is 3. The number of aryl methyl sites for hydroxylation is 1. The van der Waals surface area contributed by atoms with E-state index in [-0.39, 0.29) is 5.97 Å². The molecule has 0 aliphatic carbocycles. The highest BCUT2D eigenvalue weighted by Gasteiger charge is 2.10. The van der Waals surface area contributed by atoms with Crippen molar-refractivity contribution in [3.05, 3.63) is 47.5 Å². The fourth-order valence-electron chi connectivity index (χ4n) is 2.50. The van der Waals surface area contributed by atoms with Crippen LogP contribution in [0, 0.1) is 6.92 Å². The van der Waals surface area contributed by atoms with Crippen molar-refractivity contribution in [1.82, 2.24) is 15.0 Å². The van der Waals surface area contributed by atoms with Gasteiger partial charge in [-0.2, -0.15) is 0 Å². The number of fused-ring (bicyclic) bond motifs is 2. The van der Waals surface area contributed by atoms with E-state index in [2.05, 4.69) is 33.3 Å². The van der Waals surface area contributed by atoms with E-state index in [0.29, 0.717) is 11.5 Å². The molecule has 0 fully saturated rings. The maximum atomic E-state index is 11.6. The summed E-state index contributed by atoms with van der Waals surface area (Å²) in [6, 6.07) is 11.4. The zero-order valence-electron chi connectivity index (χ0n) is 13.1. The molecular weight excluding hydrogens is 324 g/mol. The Hall–Kier alpha value is -2.93. The molecule has 120 valence electrons. The van der Waals surface area contributed by atoms with Gasteiger partial charge in [0.15, 0.2) is 5.13 Å². The first-order valence-corrected chi connectivity index (χ1v) is 8.16. The summed E-state index contributed by atoms with van der Waals surface area (Å²) >= 11 is 1.57. The van der Waals surface area contributed by atoms with Gasteiger partial charge < -0.3 is 15.0 Å². The maximum absolute atomic E-state index is 11.6. The number of H-pyrrole nitrogens is 1. The summed E-state index contributed by atoms with van der Waals surface area (Å²) in [6.45, 7) is 2.06. The number of esters is 1. The highest BCUT2D eigenvalue weighted by atomic mass is 32.1. The smallest absolute Gasteiger partial charge is 0.337 e.